The molecule has 0 aliphatic carbocycles. The van der Waals surface area contributed by atoms with Gasteiger partial charge < -0.3 is 20.4 Å². The predicted molar refractivity (Wildman–Crippen MR) is 121 cm³/mol. The quantitative estimate of drug-likeness (QED) is 0.388. The van der Waals surface area contributed by atoms with Gasteiger partial charge in [-0.05, 0) is 45.3 Å². The summed E-state index contributed by atoms with van der Waals surface area (Å²) in [6, 6.07) is 1.84. The van der Waals surface area contributed by atoms with E-state index in [0.29, 0.717) is 5.96 Å². The third-order valence-electron chi connectivity index (χ3n) is 5.30. The number of guanidine groups is 1. The van der Waals surface area contributed by atoms with Crippen LogP contribution in [-0.4, -0.2) is 89.6 Å². The molecular formula is C17H30IN7S. The van der Waals surface area contributed by atoms with Gasteiger partial charge in [-0.1, -0.05) is 0 Å². The summed E-state index contributed by atoms with van der Waals surface area (Å²) in [6.45, 7) is 6.58. The lowest BCUT2D eigenvalue weighted by atomic mass is 9.96. The van der Waals surface area contributed by atoms with Crippen molar-refractivity contribution in [3.05, 3.63) is 18.5 Å². The van der Waals surface area contributed by atoms with Gasteiger partial charge in [-0.2, -0.15) is 11.8 Å². The fourth-order valence-corrected chi connectivity index (χ4v) is 4.15. The molecule has 1 aromatic rings. The zero-order valence-electron chi connectivity index (χ0n) is 15.7. The van der Waals surface area contributed by atoms with E-state index in [1.165, 1.54) is 12.8 Å². The van der Waals surface area contributed by atoms with Gasteiger partial charge in [0, 0.05) is 43.3 Å². The largest absolute Gasteiger partial charge is 0.370 e. The molecule has 0 atom stereocenters. The Morgan fingerprint density at radius 3 is 2.35 bits per heavy atom. The fraction of sp³-hybridized carbons (Fsp3) is 0.706. The molecule has 7 nitrogen and oxygen atoms in total. The Hall–Kier alpha value is -0.810. The van der Waals surface area contributed by atoms with E-state index in [0.717, 1.165) is 51.8 Å². The van der Waals surface area contributed by atoms with Crippen LogP contribution in [0.4, 0.5) is 5.95 Å². The molecule has 2 N–H and O–H groups in total. The second-order valence-corrected chi connectivity index (χ2v) is 8.16. The van der Waals surface area contributed by atoms with Crippen LogP contribution in [0.2, 0.25) is 0 Å². The maximum Gasteiger partial charge on any atom is 0.225 e. The Morgan fingerprint density at radius 1 is 1.15 bits per heavy atom. The molecule has 0 aromatic carbocycles. The first-order valence-electron chi connectivity index (χ1n) is 8.92. The molecule has 0 radical (unpaired) electrons. The van der Waals surface area contributed by atoms with Crippen molar-refractivity contribution in [3.63, 3.8) is 0 Å². The van der Waals surface area contributed by atoms with Crippen molar-refractivity contribution in [2.75, 3.05) is 64.0 Å². The Kier molecular flexibility index (Phi) is 8.21. The highest BCUT2D eigenvalue weighted by Crippen LogP contribution is 2.34. The molecule has 9 heteroatoms. The molecule has 2 saturated heterocycles. The summed E-state index contributed by atoms with van der Waals surface area (Å²) >= 11 is 1.95. The smallest absolute Gasteiger partial charge is 0.225 e. The lowest BCUT2D eigenvalue weighted by molar-refractivity contribution is 0.242. The molecule has 2 aliphatic heterocycles. The summed E-state index contributed by atoms with van der Waals surface area (Å²) in [6.07, 6.45) is 8.14. The molecule has 2 aliphatic rings. The van der Waals surface area contributed by atoms with E-state index in [-0.39, 0.29) is 28.7 Å². The zero-order valence-corrected chi connectivity index (χ0v) is 18.8. The Balaban J connectivity index is 0.00000243. The van der Waals surface area contributed by atoms with Gasteiger partial charge in [-0.15, -0.1) is 24.0 Å². The average Bonchev–Trinajstić information content (AvgIpc) is 2.68. The van der Waals surface area contributed by atoms with Gasteiger partial charge in [0.15, 0.2) is 5.96 Å². The third-order valence-corrected chi connectivity index (χ3v) is 6.70. The highest BCUT2D eigenvalue weighted by molar-refractivity contribution is 14.0. The lowest BCUT2D eigenvalue weighted by Gasteiger charge is -2.39. The number of rotatable bonds is 4. The van der Waals surface area contributed by atoms with E-state index in [9.17, 15) is 0 Å². The molecule has 0 saturated carbocycles. The second-order valence-electron chi connectivity index (χ2n) is 6.89. The zero-order chi connectivity index (χ0) is 17.7. The molecule has 1 aromatic heterocycles. The van der Waals surface area contributed by atoms with Crippen molar-refractivity contribution in [1.82, 2.24) is 19.8 Å². The predicted octanol–water partition coefficient (Wildman–Crippen LogP) is 1.36. The van der Waals surface area contributed by atoms with E-state index in [2.05, 4.69) is 38.0 Å². The van der Waals surface area contributed by atoms with Crippen LogP contribution < -0.4 is 10.6 Å². The summed E-state index contributed by atoms with van der Waals surface area (Å²) in [5.74, 6) is 1.48. The van der Waals surface area contributed by atoms with E-state index < -0.39 is 0 Å². The van der Waals surface area contributed by atoms with Crippen LogP contribution in [0.5, 0.6) is 0 Å². The minimum atomic E-state index is 0. The number of hydrogen-bond donors (Lipinski definition) is 1. The summed E-state index contributed by atoms with van der Waals surface area (Å²) in [7, 11) is 2.19. The number of hydrogen-bond acceptors (Lipinski definition) is 6. The SMILES string of the molecule is CSC1(CN=C(N)N2CCN(c3ncccn3)CC2)CCN(C)CC1.I. The van der Waals surface area contributed by atoms with Gasteiger partial charge >= 0.3 is 0 Å². The van der Waals surface area contributed by atoms with Crippen LogP contribution in [0.15, 0.2) is 23.5 Å². The van der Waals surface area contributed by atoms with Gasteiger partial charge in [0.25, 0.3) is 0 Å². The molecule has 2 fully saturated rings. The molecule has 26 heavy (non-hydrogen) atoms. The summed E-state index contributed by atoms with van der Waals surface area (Å²) < 4.78 is 0.247. The molecule has 146 valence electrons. The van der Waals surface area contributed by atoms with Crippen LogP contribution in [-0.2, 0) is 0 Å². The van der Waals surface area contributed by atoms with Crippen molar-refractivity contribution in [2.45, 2.75) is 17.6 Å². The molecule has 0 bridgehead atoms. The molecular weight excluding hydrogens is 461 g/mol. The van der Waals surface area contributed by atoms with Gasteiger partial charge in [0.1, 0.15) is 0 Å². The minimum Gasteiger partial charge on any atom is -0.370 e. The lowest BCUT2D eigenvalue weighted by Crippen LogP contribution is -2.52. The number of likely N-dealkylation sites (tertiary alicyclic amines) is 1. The summed E-state index contributed by atoms with van der Waals surface area (Å²) in [4.78, 5) is 20.2. The maximum atomic E-state index is 6.30. The van der Waals surface area contributed by atoms with Crippen LogP contribution in [0.1, 0.15) is 12.8 Å². The number of nitrogens with zero attached hydrogens (tertiary/aromatic N) is 6. The highest BCUT2D eigenvalue weighted by atomic mass is 127. The van der Waals surface area contributed by atoms with Crippen LogP contribution in [0, 0.1) is 0 Å². The standard InChI is InChI=1S/C17H29N7S.HI/c1-22-8-4-17(25-2,5-9-22)14-21-15(18)23-10-12-24(13-11-23)16-19-6-3-7-20-16;/h3,6-7H,4-5,8-14H2,1-2H3,(H2,18,21);1H. The Labute approximate surface area is 177 Å². The number of aliphatic imine (C=N–C) groups is 1. The topological polar surface area (TPSA) is 73.9 Å². The summed E-state index contributed by atoms with van der Waals surface area (Å²) in [5.41, 5.74) is 6.30. The number of halogens is 1. The summed E-state index contributed by atoms with van der Waals surface area (Å²) in [5, 5.41) is 0. The number of thioether (sulfide) groups is 1. The van der Waals surface area contributed by atoms with Gasteiger partial charge in [0.2, 0.25) is 5.95 Å². The second kappa shape index (κ2) is 9.93. The number of aromatic nitrogens is 2. The third kappa shape index (κ3) is 5.35. The van der Waals surface area contributed by atoms with Crippen molar-refractivity contribution >= 4 is 47.6 Å². The number of anilines is 1. The van der Waals surface area contributed by atoms with Gasteiger partial charge in [-0.25, -0.2) is 9.97 Å². The van der Waals surface area contributed by atoms with Crippen molar-refractivity contribution in [2.24, 2.45) is 10.7 Å². The molecule has 0 amide bonds. The van der Waals surface area contributed by atoms with Crippen molar-refractivity contribution in [3.8, 4) is 0 Å². The molecule has 3 rings (SSSR count). The minimum absolute atomic E-state index is 0. The molecule has 0 unspecified atom stereocenters. The van der Waals surface area contributed by atoms with E-state index in [4.69, 9.17) is 10.7 Å². The van der Waals surface area contributed by atoms with Gasteiger partial charge in [-0.3, -0.25) is 4.99 Å². The van der Waals surface area contributed by atoms with Crippen LogP contribution in [0.25, 0.3) is 0 Å². The first kappa shape index (κ1) is 21.5. The van der Waals surface area contributed by atoms with E-state index >= 15 is 0 Å². The van der Waals surface area contributed by atoms with Crippen molar-refractivity contribution < 1.29 is 0 Å². The fourth-order valence-electron chi connectivity index (χ4n) is 3.37. The first-order chi connectivity index (χ1) is 12.1. The first-order valence-corrected chi connectivity index (χ1v) is 10.1. The van der Waals surface area contributed by atoms with Crippen molar-refractivity contribution in [1.29, 1.82) is 0 Å². The monoisotopic (exact) mass is 491 g/mol. The highest BCUT2D eigenvalue weighted by Gasteiger charge is 2.33. The molecule has 3 heterocycles. The number of piperazine rings is 1. The van der Waals surface area contributed by atoms with Crippen LogP contribution in [0.3, 0.4) is 0 Å². The van der Waals surface area contributed by atoms with Gasteiger partial charge in [0.05, 0.1) is 6.54 Å². The van der Waals surface area contributed by atoms with E-state index in [1.54, 1.807) is 12.4 Å². The normalized spacial score (nSPS) is 21.4. The average molecular weight is 491 g/mol. The maximum absolute atomic E-state index is 6.30. The van der Waals surface area contributed by atoms with E-state index in [1.807, 2.05) is 17.8 Å². The Morgan fingerprint density at radius 2 is 1.77 bits per heavy atom. The van der Waals surface area contributed by atoms with Crippen LogP contribution >= 0.6 is 35.7 Å². The molecule has 0 spiro atoms. The Bertz CT molecular complexity index is 570. The number of piperidine rings is 1. The number of nitrogens with two attached hydrogens (primary N) is 1.